The average Bonchev–Trinajstić information content (AvgIpc) is 3.34. The van der Waals surface area contributed by atoms with Gasteiger partial charge in [-0.1, -0.05) is 17.7 Å². The number of aliphatic imine (C=N–C) groups is 1. The lowest BCUT2D eigenvalue weighted by atomic mass is 10.2. The van der Waals surface area contributed by atoms with Gasteiger partial charge in [0.25, 0.3) is 0 Å². The van der Waals surface area contributed by atoms with Crippen LogP contribution in [0.2, 0.25) is 0 Å². The summed E-state index contributed by atoms with van der Waals surface area (Å²) >= 11 is 0. The maximum absolute atomic E-state index is 6.05. The first-order valence-electron chi connectivity index (χ1n) is 10.4. The van der Waals surface area contributed by atoms with E-state index in [1.54, 1.807) is 0 Å². The molecule has 4 rings (SSSR count). The Morgan fingerprint density at radius 3 is 2.85 bits per heavy atom. The standard InChI is InChI=1S/C21H33N5O/c1-16-5-7-18(8-6-16)26-11-9-17(13-26)24-21(22-2)23-12-20-14-25-10-3-4-19(25)15-27-20/h5-8,17,19-20H,3-4,9-15H2,1-2H3,(H2,22,23,24). The molecule has 3 heterocycles. The zero-order valence-corrected chi connectivity index (χ0v) is 16.7. The Morgan fingerprint density at radius 2 is 2.04 bits per heavy atom. The van der Waals surface area contributed by atoms with Crippen molar-refractivity contribution in [1.29, 1.82) is 0 Å². The summed E-state index contributed by atoms with van der Waals surface area (Å²) in [4.78, 5) is 9.45. The van der Waals surface area contributed by atoms with Gasteiger partial charge in [-0.3, -0.25) is 9.89 Å². The van der Waals surface area contributed by atoms with Crippen LogP contribution < -0.4 is 15.5 Å². The van der Waals surface area contributed by atoms with E-state index in [2.05, 4.69) is 56.6 Å². The quantitative estimate of drug-likeness (QED) is 0.622. The van der Waals surface area contributed by atoms with Gasteiger partial charge in [-0.2, -0.15) is 0 Å². The third-order valence-corrected chi connectivity index (χ3v) is 6.11. The first kappa shape index (κ1) is 18.6. The number of nitrogens with one attached hydrogen (secondary N) is 2. The third kappa shape index (κ3) is 4.55. The number of morpholine rings is 1. The maximum atomic E-state index is 6.05. The van der Waals surface area contributed by atoms with E-state index in [1.807, 2.05) is 7.05 Å². The summed E-state index contributed by atoms with van der Waals surface area (Å²) in [6, 6.07) is 9.89. The molecule has 148 valence electrons. The second-order valence-corrected chi connectivity index (χ2v) is 8.11. The van der Waals surface area contributed by atoms with Gasteiger partial charge in [0, 0.05) is 51.0 Å². The van der Waals surface area contributed by atoms with E-state index in [4.69, 9.17) is 4.74 Å². The summed E-state index contributed by atoms with van der Waals surface area (Å²) in [6.45, 7) is 8.20. The maximum Gasteiger partial charge on any atom is 0.191 e. The molecule has 1 aromatic carbocycles. The Kier molecular flexibility index (Phi) is 5.83. The molecule has 0 aromatic heterocycles. The molecule has 0 bridgehead atoms. The minimum absolute atomic E-state index is 0.255. The second kappa shape index (κ2) is 8.48. The second-order valence-electron chi connectivity index (χ2n) is 8.11. The molecule has 6 heteroatoms. The monoisotopic (exact) mass is 371 g/mol. The number of anilines is 1. The molecule has 3 aliphatic rings. The van der Waals surface area contributed by atoms with Gasteiger partial charge in [0.2, 0.25) is 0 Å². The van der Waals surface area contributed by atoms with Gasteiger partial charge in [-0.05, 0) is 44.9 Å². The number of nitrogens with zero attached hydrogens (tertiary/aromatic N) is 3. The van der Waals surface area contributed by atoms with Crippen molar-refractivity contribution < 1.29 is 4.74 Å². The molecule has 0 amide bonds. The Bertz CT molecular complexity index is 646. The molecule has 0 aliphatic carbocycles. The van der Waals surface area contributed by atoms with E-state index in [-0.39, 0.29) is 6.10 Å². The number of aryl methyl sites for hydroxylation is 1. The van der Waals surface area contributed by atoms with Crippen LogP contribution in [0.25, 0.3) is 0 Å². The van der Waals surface area contributed by atoms with Crippen molar-refractivity contribution in [3.63, 3.8) is 0 Å². The van der Waals surface area contributed by atoms with Crippen molar-refractivity contribution in [3.8, 4) is 0 Å². The van der Waals surface area contributed by atoms with Crippen molar-refractivity contribution in [3.05, 3.63) is 29.8 Å². The van der Waals surface area contributed by atoms with Gasteiger partial charge < -0.3 is 20.3 Å². The Hall–Kier alpha value is -1.79. The summed E-state index contributed by atoms with van der Waals surface area (Å²) in [6.07, 6.45) is 3.99. The normalized spacial score (nSPS) is 29.0. The lowest BCUT2D eigenvalue weighted by molar-refractivity contribution is -0.0453. The van der Waals surface area contributed by atoms with Gasteiger partial charge in [-0.15, -0.1) is 0 Å². The van der Waals surface area contributed by atoms with Crippen LogP contribution in [0.1, 0.15) is 24.8 Å². The van der Waals surface area contributed by atoms with Crippen LogP contribution in [-0.2, 0) is 4.74 Å². The fourth-order valence-electron chi connectivity index (χ4n) is 4.48. The van der Waals surface area contributed by atoms with Gasteiger partial charge in [-0.25, -0.2) is 0 Å². The highest BCUT2D eigenvalue weighted by molar-refractivity contribution is 5.80. The first-order chi connectivity index (χ1) is 13.2. The van der Waals surface area contributed by atoms with E-state index in [0.717, 1.165) is 45.2 Å². The third-order valence-electron chi connectivity index (χ3n) is 6.11. The lowest BCUT2D eigenvalue weighted by Crippen LogP contribution is -2.52. The number of fused-ring (bicyclic) bond motifs is 1. The molecule has 3 unspecified atom stereocenters. The van der Waals surface area contributed by atoms with E-state index < -0.39 is 0 Å². The molecule has 6 nitrogen and oxygen atoms in total. The van der Waals surface area contributed by atoms with Crippen LogP contribution in [0.15, 0.2) is 29.3 Å². The fraction of sp³-hybridized carbons (Fsp3) is 0.667. The highest BCUT2D eigenvalue weighted by atomic mass is 16.5. The summed E-state index contributed by atoms with van der Waals surface area (Å²) in [5, 5.41) is 7.07. The number of guanidine groups is 1. The van der Waals surface area contributed by atoms with Crippen molar-refractivity contribution >= 4 is 11.6 Å². The van der Waals surface area contributed by atoms with Crippen molar-refractivity contribution in [2.75, 3.05) is 51.3 Å². The van der Waals surface area contributed by atoms with Gasteiger partial charge >= 0.3 is 0 Å². The van der Waals surface area contributed by atoms with Gasteiger partial charge in [0.1, 0.15) is 0 Å². The van der Waals surface area contributed by atoms with Crippen molar-refractivity contribution in [1.82, 2.24) is 15.5 Å². The lowest BCUT2D eigenvalue weighted by Gasteiger charge is -2.35. The molecule has 0 saturated carbocycles. The molecule has 1 aromatic rings. The molecule has 3 fully saturated rings. The number of ether oxygens (including phenoxy) is 1. The van der Waals surface area contributed by atoms with Crippen LogP contribution in [0.5, 0.6) is 0 Å². The minimum atomic E-state index is 0.255. The molecule has 27 heavy (non-hydrogen) atoms. The predicted octanol–water partition coefficient (Wildman–Crippen LogP) is 1.60. The minimum Gasteiger partial charge on any atom is -0.373 e. The summed E-state index contributed by atoms with van der Waals surface area (Å²) in [5.74, 6) is 0.887. The number of hydrogen-bond donors (Lipinski definition) is 2. The highest BCUT2D eigenvalue weighted by Gasteiger charge is 2.32. The predicted molar refractivity (Wildman–Crippen MR) is 111 cm³/mol. The van der Waals surface area contributed by atoms with E-state index in [1.165, 1.54) is 30.6 Å². The first-order valence-corrected chi connectivity index (χ1v) is 10.4. The van der Waals surface area contributed by atoms with E-state index >= 15 is 0 Å². The number of benzene rings is 1. The van der Waals surface area contributed by atoms with E-state index in [9.17, 15) is 0 Å². The molecule has 2 N–H and O–H groups in total. The molecule has 3 aliphatic heterocycles. The van der Waals surface area contributed by atoms with Crippen LogP contribution >= 0.6 is 0 Å². The Morgan fingerprint density at radius 1 is 1.19 bits per heavy atom. The Labute approximate surface area is 163 Å². The molecule has 3 saturated heterocycles. The van der Waals surface area contributed by atoms with Crippen LogP contribution in [0, 0.1) is 6.92 Å². The van der Waals surface area contributed by atoms with Crippen molar-refractivity contribution in [2.45, 2.75) is 44.4 Å². The molecule has 0 spiro atoms. The van der Waals surface area contributed by atoms with Crippen molar-refractivity contribution in [2.24, 2.45) is 4.99 Å². The molecular formula is C21H33N5O. The van der Waals surface area contributed by atoms with Gasteiger partial charge in [0.15, 0.2) is 5.96 Å². The summed E-state index contributed by atoms with van der Waals surface area (Å²) in [5.41, 5.74) is 2.62. The SMILES string of the molecule is CN=C(NCC1CN2CCCC2CO1)NC1CCN(c2ccc(C)cc2)C1. The average molecular weight is 372 g/mol. The smallest absolute Gasteiger partial charge is 0.191 e. The van der Waals surface area contributed by atoms with E-state index in [0.29, 0.717) is 12.1 Å². The summed E-state index contributed by atoms with van der Waals surface area (Å²) < 4.78 is 6.05. The van der Waals surface area contributed by atoms with Crippen LogP contribution in [-0.4, -0.2) is 75.4 Å². The zero-order valence-electron chi connectivity index (χ0n) is 16.7. The topological polar surface area (TPSA) is 52.1 Å². The summed E-state index contributed by atoms with van der Waals surface area (Å²) in [7, 11) is 1.85. The molecule has 0 radical (unpaired) electrons. The Balaban J connectivity index is 1.23. The largest absolute Gasteiger partial charge is 0.373 e. The van der Waals surface area contributed by atoms with Crippen LogP contribution in [0.3, 0.4) is 0 Å². The fourth-order valence-corrected chi connectivity index (χ4v) is 4.48. The molecular weight excluding hydrogens is 338 g/mol. The number of rotatable bonds is 4. The van der Waals surface area contributed by atoms with Gasteiger partial charge in [0.05, 0.1) is 12.7 Å². The zero-order chi connectivity index (χ0) is 18.6. The molecule has 3 atom stereocenters. The van der Waals surface area contributed by atoms with Crippen LogP contribution in [0.4, 0.5) is 5.69 Å². The highest BCUT2D eigenvalue weighted by Crippen LogP contribution is 2.22. The number of hydrogen-bond acceptors (Lipinski definition) is 4.